The lowest BCUT2D eigenvalue weighted by molar-refractivity contribution is -0.139. The van der Waals surface area contributed by atoms with E-state index in [0.717, 1.165) is 12.2 Å². The molecule has 1 aliphatic heterocycles. The third kappa shape index (κ3) is 10.2. The summed E-state index contributed by atoms with van der Waals surface area (Å²) in [6.45, 7) is 7.43. The maximum absolute atomic E-state index is 12.7. The van der Waals surface area contributed by atoms with Crippen molar-refractivity contribution in [2.24, 2.45) is 0 Å². The minimum Gasteiger partial charge on any atom is -0.494 e. The fraction of sp³-hybridized carbons (Fsp3) is 0.310. The number of hydrogen-bond acceptors (Lipinski definition) is 12. The Balaban J connectivity index is 1.47. The topological polar surface area (TPSA) is 124 Å². The Hall–Kier alpha value is -3.90. The summed E-state index contributed by atoms with van der Waals surface area (Å²) in [5, 5.41) is -0.449. The Morgan fingerprint density at radius 1 is 0.854 bits per heavy atom. The van der Waals surface area contributed by atoms with Gasteiger partial charge in [0.05, 0.1) is 25.9 Å². The van der Waals surface area contributed by atoms with Crippen LogP contribution in [0.4, 0.5) is 0 Å². The molecule has 2 atom stereocenters. The number of ether oxygens (including phenoxy) is 6. The molecule has 0 aliphatic carbocycles. The Kier molecular flexibility index (Phi) is 12.6. The van der Waals surface area contributed by atoms with Gasteiger partial charge in [-0.1, -0.05) is 13.2 Å². The van der Waals surface area contributed by atoms with Gasteiger partial charge >= 0.3 is 23.9 Å². The van der Waals surface area contributed by atoms with Crippen LogP contribution in [0.3, 0.4) is 0 Å². The largest absolute Gasteiger partial charge is 0.494 e. The van der Waals surface area contributed by atoms with Gasteiger partial charge in [-0.3, -0.25) is 4.79 Å². The van der Waals surface area contributed by atoms with Crippen LogP contribution in [0.2, 0.25) is 0 Å². The van der Waals surface area contributed by atoms with Crippen molar-refractivity contribution < 1.29 is 47.6 Å². The molecule has 41 heavy (non-hydrogen) atoms. The lowest BCUT2D eigenvalue weighted by Crippen LogP contribution is -2.33. The van der Waals surface area contributed by atoms with Gasteiger partial charge in [-0.2, -0.15) is 0 Å². The highest BCUT2D eigenvalue weighted by molar-refractivity contribution is 8.07. The molecule has 2 aromatic carbocycles. The molecular formula is C29H30O10S2. The number of benzene rings is 2. The zero-order valence-electron chi connectivity index (χ0n) is 22.4. The van der Waals surface area contributed by atoms with Gasteiger partial charge in [0, 0.05) is 29.7 Å². The fourth-order valence-corrected chi connectivity index (χ4v) is 5.89. The van der Waals surface area contributed by atoms with E-state index in [1.165, 1.54) is 48.8 Å². The summed E-state index contributed by atoms with van der Waals surface area (Å²) < 4.78 is 32.1. The van der Waals surface area contributed by atoms with Crippen LogP contribution in [0.1, 0.15) is 23.2 Å². The first kappa shape index (κ1) is 31.6. The summed E-state index contributed by atoms with van der Waals surface area (Å²) in [6, 6.07) is 10.9. The molecule has 12 heteroatoms. The first-order valence-electron chi connectivity index (χ1n) is 12.5. The van der Waals surface area contributed by atoms with E-state index in [1.54, 1.807) is 24.3 Å². The van der Waals surface area contributed by atoms with Crippen molar-refractivity contribution in [3.05, 3.63) is 73.3 Å². The van der Waals surface area contributed by atoms with Gasteiger partial charge in [-0.05, 0) is 49.2 Å². The van der Waals surface area contributed by atoms with Crippen LogP contribution in [0.15, 0.2) is 67.8 Å². The highest BCUT2D eigenvalue weighted by atomic mass is 32.2. The van der Waals surface area contributed by atoms with Gasteiger partial charge < -0.3 is 28.4 Å². The molecule has 0 aromatic heterocycles. The van der Waals surface area contributed by atoms with Gasteiger partial charge in [0.25, 0.3) is 0 Å². The second-order valence-electron chi connectivity index (χ2n) is 8.30. The molecule has 0 radical (unpaired) electrons. The number of rotatable bonds is 14. The van der Waals surface area contributed by atoms with E-state index < -0.39 is 29.1 Å². The normalized spacial score (nSPS) is 16.0. The van der Waals surface area contributed by atoms with Crippen LogP contribution in [0.25, 0.3) is 0 Å². The molecule has 1 saturated heterocycles. The molecule has 1 fully saturated rings. The predicted molar refractivity (Wildman–Crippen MR) is 155 cm³/mol. The minimum absolute atomic E-state index is 0.184. The molecule has 0 N–H and O–H groups in total. The molecular weight excluding hydrogens is 572 g/mol. The van der Waals surface area contributed by atoms with Crippen LogP contribution in [-0.4, -0.2) is 66.4 Å². The monoisotopic (exact) mass is 602 g/mol. The maximum atomic E-state index is 12.7. The van der Waals surface area contributed by atoms with Crippen LogP contribution in [0, 0.1) is 0 Å². The fourth-order valence-electron chi connectivity index (χ4n) is 3.32. The second-order valence-corrected chi connectivity index (χ2v) is 10.7. The number of esters is 4. The van der Waals surface area contributed by atoms with Gasteiger partial charge in [0.2, 0.25) is 0 Å². The quantitative estimate of drug-likeness (QED) is 0.130. The van der Waals surface area contributed by atoms with Crippen molar-refractivity contribution in [3.63, 3.8) is 0 Å². The third-order valence-electron chi connectivity index (χ3n) is 5.41. The number of carbonyl (C=O) groups excluding carboxylic acids is 4. The van der Waals surface area contributed by atoms with Crippen molar-refractivity contribution in [1.29, 1.82) is 0 Å². The Labute approximate surface area is 246 Å². The lowest BCUT2D eigenvalue weighted by atomic mass is 10.2. The molecule has 1 heterocycles. The number of carbonyl (C=O) groups is 4. The third-order valence-corrected chi connectivity index (χ3v) is 8.25. The highest BCUT2D eigenvalue weighted by Crippen LogP contribution is 2.35. The van der Waals surface area contributed by atoms with Crippen LogP contribution in [-0.2, 0) is 23.9 Å². The molecule has 2 aromatic rings. The molecule has 0 bridgehead atoms. The molecule has 3 rings (SSSR count). The minimum atomic E-state index is -0.588. The maximum Gasteiger partial charge on any atom is 0.343 e. The van der Waals surface area contributed by atoms with Crippen molar-refractivity contribution in [2.45, 2.75) is 23.5 Å². The first-order chi connectivity index (χ1) is 19.8. The number of unbranched alkanes of at least 4 members (excludes halogenated alkanes) is 1. The van der Waals surface area contributed by atoms with Crippen LogP contribution >= 0.6 is 23.5 Å². The zero-order chi connectivity index (χ0) is 29.6. The van der Waals surface area contributed by atoms with E-state index in [4.69, 9.17) is 28.4 Å². The first-order valence-corrected chi connectivity index (χ1v) is 14.6. The van der Waals surface area contributed by atoms with Crippen molar-refractivity contribution in [2.75, 3.05) is 31.8 Å². The molecule has 10 nitrogen and oxygen atoms in total. The Morgan fingerprint density at radius 3 is 2.22 bits per heavy atom. The van der Waals surface area contributed by atoms with Crippen molar-refractivity contribution >= 4 is 47.4 Å². The standard InChI is InChI=1S/C29H30O10S2/c1-4-25(30)36-15-7-6-14-35-20-10-8-19(9-11-20)28(32)37-21-12-13-22(23(16-21)34-3)38-29(33)24-17-41-27(18-40-24)39-26(31)5-2/h4-5,8-13,16,24,27H,1-2,6-7,14-15,17-18H2,3H3. The number of thioether (sulfide) groups is 2. The summed E-state index contributed by atoms with van der Waals surface area (Å²) in [5.74, 6) is 0.0403. The van der Waals surface area contributed by atoms with Crippen LogP contribution in [0.5, 0.6) is 23.0 Å². The summed E-state index contributed by atoms with van der Waals surface area (Å²) in [6.07, 6.45) is 3.56. The van der Waals surface area contributed by atoms with Crippen LogP contribution < -0.4 is 18.9 Å². The molecule has 218 valence electrons. The molecule has 1 aliphatic rings. The van der Waals surface area contributed by atoms with Gasteiger partial charge in [0.1, 0.15) is 16.7 Å². The number of hydrogen-bond donors (Lipinski definition) is 0. The lowest BCUT2D eigenvalue weighted by Gasteiger charge is -2.26. The summed E-state index contributed by atoms with van der Waals surface area (Å²) in [7, 11) is 1.41. The zero-order valence-corrected chi connectivity index (χ0v) is 24.0. The average Bonchev–Trinajstić information content (AvgIpc) is 2.99. The summed E-state index contributed by atoms with van der Waals surface area (Å²) in [4.78, 5) is 47.7. The Morgan fingerprint density at radius 2 is 1.56 bits per heavy atom. The van der Waals surface area contributed by atoms with E-state index in [-0.39, 0.29) is 22.7 Å². The molecule has 2 unspecified atom stereocenters. The molecule has 0 saturated carbocycles. The smallest absolute Gasteiger partial charge is 0.343 e. The Bertz CT molecular complexity index is 1240. The second kappa shape index (κ2) is 16.4. The van der Waals surface area contributed by atoms with Gasteiger partial charge in [-0.15, -0.1) is 23.5 Å². The van der Waals surface area contributed by atoms with E-state index in [9.17, 15) is 19.2 Å². The highest BCUT2D eigenvalue weighted by Gasteiger charge is 2.31. The summed E-state index contributed by atoms with van der Waals surface area (Å²) >= 11 is 2.69. The van der Waals surface area contributed by atoms with Gasteiger partial charge in [0.15, 0.2) is 16.9 Å². The predicted octanol–water partition coefficient (Wildman–Crippen LogP) is 4.61. The molecule has 0 spiro atoms. The van der Waals surface area contributed by atoms with Crippen molar-refractivity contribution in [3.8, 4) is 23.0 Å². The van der Waals surface area contributed by atoms with Crippen molar-refractivity contribution in [1.82, 2.24) is 0 Å². The van der Waals surface area contributed by atoms with E-state index in [2.05, 4.69) is 13.2 Å². The van der Waals surface area contributed by atoms with E-state index >= 15 is 0 Å². The van der Waals surface area contributed by atoms with Gasteiger partial charge in [-0.25, -0.2) is 14.4 Å². The average molecular weight is 603 g/mol. The SMILES string of the molecule is C=CC(=O)OCCCCOc1ccc(C(=O)Oc2ccc(OC(=O)C3CSC(OC(=O)C=C)CS3)c(OC)c2)cc1. The summed E-state index contributed by atoms with van der Waals surface area (Å²) in [5.41, 5.74) is -0.0409. The molecule has 0 amide bonds. The van der Waals surface area contributed by atoms with E-state index in [0.29, 0.717) is 48.9 Å². The number of methoxy groups -OCH3 is 1. The van der Waals surface area contributed by atoms with E-state index in [1.807, 2.05) is 0 Å².